The molecule has 0 unspecified atom stereocenters. The Bertz CT molecular complexity index is 677. The first kappa shape index (κ1) is 15.3. The minimum Gasteiger partial charge on any atom is -0.268 e. The van der Waals surface area contributed by atoms with Gasteiger partial charge in [-0.15, -0.1) is 11.3 Å². The van der Waals surface area contributed by atoms with Gasteiger partial charge in [0.1, 0.15) is 0 Å². The SMILES string of the molecule is Cc1ccc(/C=C/C(=O)NNC(=O)c2ccc(Cl)cc2)s1. The van der Waals surface area contributed by atoms with E-state index in [1.807, 2.05) is 19.1 Å². The molecule has 0 radical (unpaired) electrons. The number of carbonyl (C=O) groups excluding carboxylic acids is 2. The summed E-state index contributed by atoms with van der Waals surface area (Å²) in [6, 6.07) is 10.3. The first-order valence-electron chi connectivity index (χ1n) is 6.15. The number of thiophene rings is 1. The molecule has 0 aliphatic rings. The summed E-state index contributed by atoms with van der Waals surface area (Å²) in [5.41, 5.74) is 5.06. The molecule has 1 aromatic heterocycles. The van der Waals surface area contributed by atoms with Gasteiger partial charge in [0.05, 0.1) is 0 Å². The fraction of sp³-hybridized carbons (Fsp3) is 0.0667. The van der Waals surface area contributed by atoms with Gasteiger partial charge in [0.25, 0.3) is 11.8 Å². The van der Waals surface area contributed by atoms with Crippen molar-refractivity contribution in [1.29, 1.82) is 0 Å². The minimum absolute atomic E-state index is 0.400. The van der Waals surface area contributed by atoms with E-state index in [1.165, 1.54) is 11.0 Å². The summed E-state index contributed by atoms with van der Waals surface area (Å²) < 4.78 is 0. The van der Waals surface area contributed by atoms with Crippen LogP contribution in [0.5, 0.6) is 0 Å². The number of hydrogen-bond acceptors (Lipinski definition) is 3. The highest BCUT2D eigenvalue weighted by Crippen LogP contribution is 2.16. The number of halogens is 1. The molecule has 0 saturated heterocycles. The molecule has 0 spiro atoms. The molecule has 0 bridgehead atoms. The molecule has 21 heavy (non-hydrogen) atoms. The van der Waals surface area contributed by atoms with Crippen molar-refractivity contribution >= 4 is 40.8 Å². The fourth-order valence-corrected chi connectivity index (χ4v) is 2.44. The average molecular weight is 321 g/mol. The van der Waals surface area contributed by atoms with Gasteiger partial charge >= 0.3 is 0 Å². The third-order valence-corrected chi connectivity index (χ3v) is 3.78. The van der Waals surface area contributed by atoms with Crippen molar-refractivity contribution in [3.8, 4) is 0 Å². The van der Waals surface area contributed by atoms with Crippen LogP contribution in [-0.4, -0.2) is 11.8 Å². The fourth-order valence-electron chi connectivity index (χ4n) is 1.53. The van der Waals surface area contributed by atoms with Gasteiger partial charge in [-0.25, -0.2) is 0 Å². The smallest absolute Gasteiger partial charge is 0.268 e. The maximum atomic E-state index is 11.7. The molecule has 0 aliphatic carbocycles. The first-order valence-corrected chi connectivity index (χ1v) is 7.34. The van der Waals surface area contributed by atoms with Crippen LogP contribution < -0.4 is 10.9 Å². The van der Waals surface area contributed by atoms with E-state index in [9.17, 15) is 9.59 Å². The third-order valence-electron chi connectivity index (χ3n) is 2.57. The van der Waals surface area contributed by atoms with Gasteiger partial charge in [0.15, 0.2) is 0 Å². The Morgan fingerprint density at radius 2 is 1.81 bits per heavy atom. The number of rotatable bonds is 3. The van der Waals surface area contributed by atoms with Gasteiger partial charge in [-0.3, -0.25) is 20.4 Å². The largest absolute Gasteiger partial charge is 0.269 e. The van der Waals surface area contributed by atoms with Crippen LogP contribution in [0.1, 0.15) is 20.1 Å². The van der Waals surface area contributed by atoms with Crippen LogP contribution in [0.15, 0.2) is 42.5 Å². The lowest BCUT2D eigenvalue weighted by Gasteiger charge is -2.05. The number of aryl methyl sites for hydroxylation is 1. The van der Waals surface area contributed by atoms with E-state index in [0.29, 0.717) is 10.6 Å². The Hall–Kier alpha value is -2.11. The Balaban J connectivity index is 1.85. The van der Waals surface area contributed by atoms with E-state index >= 15 is 0 Å². The molecule has 2 N–H and O–H groups in total. The summed E-state index contributed by atoms with van der Waals surface area (Å²) >= 11 is 7.32. The van der Waals surface area contributed by atoms with Crippen LogP contribution in [0.4, 0.5) is 0 Å². The van der Waals surface area contributed by atoms with Gasteiger partial charge in [-0.2, -0.15) is 0 Å². The zero-order valence-corrected chi connectivity index (χ0v) is 12.8. The van der Waals surface area contributed by atoms with Crippen LogP contribution >= 0.6 is 22.9 Å². The summed E-state index contributed by atoms with van der Waals surface area (Å²) in [5.74, 6) is -0.802. The molecule has 0 saturated carbocycles. The van der Waals surface area contributed by atoms with Gasteiger partial charge in [-0.05, 0) is 49.4 Å². The molecule has 1 aromatic carbocycles. The number of amides is 2. The molecule has 1 heterocycles. The van der Waals surface area contributed by atoms with Crippen LogP contribution in [0, 0.1) is 6.92 Å². The Morgan fingerprint density at radius 3 is 2.43 bits per heavy atom. The van der Waals surface area contributed by atoms with E-state index in [2.05, 4.69) is 10.9 Å². The summed E-state index contributed by atoms with van der Waals surface area (Å²) in [6.07, 6.45) is 3.06. The van der Waals surface area contributed by atoms with Crippen molar-refractivity contribution in [2.75, 3.05) is 0 Å². The Kier molecular flexibility index (Phi) is 5.14. The molecule has 0 atom stereocenters. The topological polar surface area (TPSA) is 58.2 Å². The highest BCUT2D eigenvalue weighted by atomic mass is 35.5. The summed E-state index contributed by atoms with van der Waals surface area (Å²) in [6.45, 7) is 1.99. The van der Waals surface area contributed by atoms with E-state index in [0.717, 1.165) is 4.88 Å². The van der Waals surface area contributed by atoms with Crippen LogP contribution in [0.3, 0.4) is 0 Å². The Labute approximate surface area is 131 Å². The molecular weight excluding hydrogens is 308 g/mol. The summed E-state index contributed by atoms with van der Waals surface area (Å²) in [4.78, 5) is 25.5. The van der Waals surface area contributed by atoms with Crippen molar-refractivity contribution < 1.29 is 9.59 Å². The predicted molar refractivity (Wildman–Crippen MR) is 85.2 cm³/mol. The van der Waals surface area contributed by atoms with Crippen LogP contribution in [-0.2, 0) is 4.79 Å². The Morgan fingerprint density at radius 1 is 1.10 bits per heavy atom. The monoisotopic (exact) mass is 320 g/mol. The molecule has 108 valence electrons. The molecule has 2 aromatic rings. The highest BCUT2D eigenvalue weighted by Gasteiger charge is 2.05. The zero-order chi connectivity index (χ0) is 15.2. The van der Waals surface area contributed by atoms with E-state index < -0.39 is 11.8 Å². The molecule has 4 nitrogen and oxygen atoms in total. The number of carbonyl (C=O) groups is 2. The quantitative estimate of drug-likeness (QED) is 0.674. The lowest BCUT2D eigenvalue weighted by Crippen LogP contribution is -2.40. The molecule has 2 rings (SSSR count). The predicted octanol–water partition coefficient (Wildman–Crippen LogP) is 3.18. The van der Waals surface area contributed by atoms with Crippen molar-refractivity contribution in [2.24, 2.45) is 0 Å². The molecular formula is C15H13ClN2O2S. The second-order valence-corrected chi connectivity index (χ2v) is 5.99. The molecule has 2 amide bonds. The van der Waals surface area contributed by atoms with Crippen LogP contribution in [0.2, 0.25) is 5.02 Å². The molecule has 0 fully saturated rings. The number of hydrazine groups is 1. The van der Waals surface area contributed by atoms with Gasteiger partial charge < -0.3 is 0 Å². The summed E-state index contributed by atoms with van der Waals surface area (Å²) in [7, 11) is 0. The lowest BCUT2D eigenvalue weighted by molar-refractivity contribution is -0.117. The third kappa shape index (κ3) is 4.73. The average Bonchev–Trinajstić information content (AvgIpc) is 2.89. The van der Waals surface area contributed by atoms with E-state index in [1.54, 1.807) is 41.7 Å². The van der Waals surface area contributed by atoms with Crippen molar-refractivity contribution in [3.05, 3.63) is 62.8 Å². The van der Waals surface area contributed by atoms with E-state index in [4.69, 9.17) is 11.6 Å². The van der Waals surface area contributed by atoms with E-state index in [-0.39, 0.29) is 0 Å². The zero-order valence-electron chi connectivity index (χ0n) is 11.2. The normalized spacial score (nSPS) is 10.6. The number of hydrogen-bond donors (Lipinski definition) is 2. The van der Waals surface area contributed by atoms with Crippen LogP contribution in [0.25, 0.3) is 6.08 Å². The second kappa shape index (κ2) is 7.06. The first-order chi connectivity index (χ1) is 10.0. The molecule has 6 heteroatoms. The standard InChI is InChI=1S/C15H13ClN2O2S/c1-10-2-7-13(21-10)8-9-14(19)17-18-15(20)11-3-5-12(16)6-4-11/h2-9H,1H3,(H,17,19)(H,18,20)/b9-8+. The van der Waals surface area contributed by atoms with Gasteiger partial charge in [0, 0.05) is 26.4 Å². The highest BCUT2D eigenvalue weighted by molar-refractivity contribution is 7.12. The maximum absolute atomic E-state index is 11.7. The lowest BCUT2D eigenvalue weighted by atomic mass is 10.2. The van der Waals surface area contributed by atoms with Crippen molar-refractivity contribution in [1.82, 2.24) is 10.9 Å². The second-order valence-electron chi connectivity index (χ2n) is 4.23. The van der Waals surface area contributed by atoms with Crippen molar-refractivity contribution in [2.45, 2.75) is 6.92 Å². The maximum Gasteiger partial charge on any atom is 0.269 e. The minimum atomic E-state index is -0.402. The van der Waals surface area contributed by atoms with Gasteiger partial charge in [0.2, 0.25) is 0 Å². The summed E-state index contributed by atoms with van der Waals surface area (Å²) in [5, 5.41) is 0.546. The number of benzene rings is 1. The van der Waals surface area contributed by atoms with Crippen molar-refractivity contribution in [3.63, 3.8) is 0 Å². The molecule has 0 aliphatic heterocycles. The number of nitrogens with one attached hydrogen (secondary N) is 2. The van der Waals surface area contributed by atoms with Gasteiger partial charge in [-0.1, -0.05) is 11.6 Å².